The van der Waals surface area contributed by atoms with Crippen molar-refractivity contribution in [3.8, 4) is 0 Å². The summed E-state index contributed by atoms with van der Waals surface area (Å²) < 4.78 is 0. The third-order valence-corrected chi connectivity index (χ3v) is 6.07. The highest BCUT2D eigenvalue weighted by Gasteiger charge is 2.45. The third-order valence-electron chi connectivity index (χ3n) is 6.07. The first-order valence-electron chi connectivity index (χ1n) is 11.1. The van der Waals surface area contributed by atoms with E-state index in [-0.39, 0.29) is 11.6 Å². The van der Waals surface area contributed by atoms with E-state index in [1.807, 2.05) is 45.9 Å². The lowest BCUT2D eigenvalue weighted by Gasteiger charge is -2.32. The first-order valence-corrected chi connectivity index (χ1v) is 11.1. The van der Waals surface area contributed by atoms with E-state index in [4.69, 9.17) is 0 Å². The van der Waals surface area contributed by atoms with Crippen molar-refractivity contribution in [1.29, 1.82) is 0 Å². The van der Waals surface area contributed by atoms with Crippen LogP contribution in [0.15, 0.2) is 42.5 Å². The van der Waals surface area contributed by atoms with Gasteiger partial charge in [0.1, 0.15) is 0 Å². The van der Waals surface area contributed by atoms with Crippen LogP contribution in [0.1, 0.15) is 88.8 Å². The largest absolute Gasteiger partial charge is 0.478 e. The second kappa shape index (κ2) is 9.59. The summed E-state index contributed by atoms with van der Waals surface area (Å²) in [7, 11) is 0. The molecule has 4 heteroatoms. The highest BCUT2D eigenvalue weighted by molar-refractivity contribution is 6.09. The van der Waals surface area contributed by atoms with Gasteiger partial charge in [-0.05, 0) is 76.7 Å². The monoisotopic (exact) mass is 409 g/mol. The first kappa shape index (κ1) is 23.8. The van der Waals surface area contributed by atoms with Crippen LogP contribution in [-0.4, -0.2) is 21.3 Å². The minimum Gasteiger partial charge on any atom is -0.478 e. The van der Waals surface area contributed by atoms with Crippen LogP contribution < -0.4 is 0 Å². The highest BCUT2D eigenvalue weighted by atomic mass is 16.5. The lowest BCUT2D eigenvalue weighted by atomic mass is 9.86. The van der Waals surface area contributed by atoms with Crippen molar-refractivity contribution in [3.05, 3.63) is 59.2 Å². The van der Waals surface area contributed by atoms with Crippen LogP contribution in [-0.2, 0) is 5.54 Å². The highest BCUT2D eigenvalue weighted by Crippen LogP contribution is 2.49. The van der Waals surface area contributed by atoms with Crippen LogP contribution in [0.25, 0.3) is 21.5 Å². The second-order valence-electron chi connectivity index (χ2n) is 7.36. The number of hydrogen-bond acceptors (Lipinski definition) is 3. The van der Waals surface area contributed by atoms with E-state index < -0.39 is 5.97 Å². The Morgan fingerprint density at radius 1 is 0.967 bits per heavy atom. The summed E-state index contributed by atoms with van der Waals surface area (Å²) in [4.78, 5) is 11.3. The Kier molecular flexibility index (Phi) is 7.62. The quantitative estimate of drug-likeness (QED) is 0.439. The minimum atomic E-state index is -0.915. The molecule has 2 atom stereocenters. The number of fused-ring (bicyclic) bond motifs is 4. The fourth-order valence-corrected chi connectivity index (χ4v) is 4.35. The van der Waals surface area contributed by atoms with Gasteiger partial charge in [0.25, 0.3) is 0 Å². The molecule has 0 radical (unpaired) electrons. The van der Waals surface area contributed by atoms with Gasteiger partial charge in [-0.1, -0.05) is 59.7 Å². The summed E-state index contributed by atoms with van der Waals surface area (Å²) in [5.41, 5.74) is 2.27. The molecule has 30 heavy (non-hydrogen) atoms. The van der Waals surface area contributed by atoms with Crippen molar-refractivity contribution < 1.29 is 15.1 Å². The Balaban J connectivity index is 0.000000757. The van der Waals surface area contributed by atoms with Gasteiger partial charge in [0, 0.05) is 0 Å². The van der Waals surface area contributed by atoms with Crippen LogP contribution in [0.2, 0.25) is 0 Å². The minimum absolute atomic E-state index is 0.0205. The fourth-order valence-electron chi connectivity index (χ4n) is 4.35. The molecular formula is C26H35NO3. The predicted molar refractivity (Wildman–Crippen MR) is 125 cm³/mol. The molecule has 1 aliphatic heterocycles. The zero-order valence-electron chi connectivity index (χ0n) is 19.3. The van der Waals surface area contributed by atoms with Gasteiger partial charge >= 0.3 is 5.97 Å². The molecule has 0 fully saturated rings. The van der Waals surface area contributed by atoms with E-state index in [1.165, 1.54) is 16.2 Å². The molecule has 3 aromatic carbocycles. The lowest BCUT2D eigenvalue weighted by Crippen LogP contribution is -2.36. The van der Waals surface area contributed by atoms with Gasteiger partial charge in [0.15, 0.2) is 0 Å². The smallest absolute Gasteiger partial charge is 0.335 e. The zero-order chi connectivity index (χ0) is 22.6. The maximum absolute atomic E-state index is 11.3. The SMILES string of the molecule is CC.CC.CCC1c2cc3c(ccc4cc(C(=O)O)ccc43)cc2C(C)(CC)N1O. The molecule has 162 valence electrons. The Morgan fingerprint density at radius 3 is 2.10 bits per heavy atom. The lowest BCUT2D eigenvalue weighted by molar-refractivity contribution is -0.193. The summed E-state index contributed by atoms with van der Waals surface area (Å²) in [6.45, 7) is 14.3. The van der Waals surface area contributed by atoms with Crippen molar-refractivity contribution in [1.82, 2.24) is 5.06 Å². The van der Waals surface area contributed by atoms with E-state index in [0.717, 1.165) is 34.4 Å². The Morgan fingerprint density at radius 2 is 1.57 bits per heavy atom. The van der Waals surface area contributed by atoms with Gasteiger partial charge in [0.05, 0.1) is 17.1 Å². The molecule has 1 heterocycles. The maximum atomic E-state index is 11.3. The summed E-state index contributed by atoms with van der Waals surface area (Å²) in [6, 6.07) is 13.6. The maximum Gasteiger partial charge on any atom is 0.335 e. The number of carboxylic acids is 1. The number of nitrogens with zero attached hydrogens (tertiary/aromatic N) is 1. The number of benzene rings is 3. The van der Waals surface area contributed by atoms with Crippen molar-refractivity contribution in [2.24, 2.45) is 0 Å². The molecule has 4 nitrogen and oxygen atoms in total. The normalized spacial score (nSPS) is 20.2. The molecule has 0 spiro atoms. The number of hydrogen-bond donors (Lipinski definition) is 2. The van der Waals surface area contributed by atoms with E-state index in [9.17, 15) is 15.1 Å². The van der Waals surface area contributed by atoms with Crippen molar-refractivity contribution in [3.63, 3.8) is 0 Å². The molecule has 4 rings (SSSR count). The van der Waals surface area contributed by atoms with Crippen molar-refractivity contribution >= 4 is 27.5 Å². The molecule has 0 aromatic heterocycles. The number of hydroxylamine groups is 2. The topological polar surface area (TPSA) is 60.8 Å². The number of carboxylic acid groups (broad SMARTS) is 1. The first-order chi connectivity index (χ1) is 14.4. The number of rotatable bonds is 3. The van der Waals surface area contributed by atoms with E-state index in [1.54, 1.807) is 12.1 Å². The Labute approximate surface area is 180 Å². The summed E-state index contributed by atoms with van der Waals surface area (Å²) in [5, 5.41) is 25.7. The van der Waals surface area contributed by atoms with Crippen molar-refractivity contribution in [2.45, 2.75) is 72.9 Å². The Bertz CT molecular complexity index is 1040. The fraction of sp³-hybridized carbons (Fsp3) is 0.423. The molecule has 0 saturated heterocycles. The zero-order valence-corrected chi connectivity index (χ0v) is 19.3. The van der Waals surface area contributed by atoms with Gasteiger partial charge < -0.3 is 10.3 Å². The van der Waals surface area contributed by atoms with Crippen LogP contribution in [0.4, 0.5) is 0 Å². The average Bonchev–Trinajstić information content (AvgIpc) is 3.00. The van der Waals surface area contributed by atoms with E-state index in [2.05, 4.69) is 32.9 Å². The van der Waals surface area contributed by atoms with Gasteiger partial charge in [-0.15, -0.1) is 0 Å². The molecular weight excluding hydrogens is 374 g/mol. The molecule has 2 unspecified atom stereocenters. The van der Waals surface area contributed by atoms with Crippen LogP contribution in [0.5, 0.6) is 0 Å². The molecule has 0 saturated carbocycles. The van der Waals surface area contributed by atoms with Gasteiger partial charge in [0.2, 0.25) is 0 Å². The Hall–Kier alpha value is -2.43. The van der Waals surface area contributed by atoms with Gasteiger partial charge in [-0.2, -0.15) is 5.06 Å². The summed E-state index contributed by atoms with van der Waals surface area (Å²) >= 11 is 0. The second-order valence-corrected chi connectivity index (χ2v) is 7.36. The number of aromatic carboxylic acids is 1. The van der Waals surface area contributed by atoms with Gasteiger partial charge in [-0.3, -0.25) is 0 Å². The van der Waals surface area contributed by atoms with Crippen LogP contribution in [0, 0.1) is 0 Å². The molecule has 2 N–H and O–H groups in total. The predicted octanol–water partition coefficient (Wildman–Crippen LogP) is 7.52. The summed E-state index contributed by atoms with van der Waals surface area (Å²) in [6.07, 6.45) is 1.66. The summed E-state index contributed by atoms with van der Waals surface area (Å²) in [5.74, 6) is -0.915. The molecule has 0 bridgehead atoms. The molecule has 3 aromatic rings. The molecule has 0 aliphatic carbocycles. The van der Waals surface area contributed by atoms with E-state index >= 15 is 0 Å². The van der Waals surface area contributed by atoms with E-state index in [0.29, 0.717) is 5.56 Å². The van der Waals surface area contributed by atoms with Crippen LogP contribution >= 0.6 is 0 Å². The standard InChI is InChI=1S/C22H23NO3.2C2H6/c1-4-20-18-12-17-14(11-19(18)22(3,5-2)23(20)26)7-6-13-10-15(21(24)25)8-9-16(13)17;2*1-2/h6-12,20,26H,4-5H2,1-3H3,(H,24,25);2*1-2H3. The molecule has 0 amide bonds. The van der Waals surface area contributed by atoms with Gasteiger partial charge in [-0.25, -0.2) is 4.79 Å². The number of carbonyl (C=O) groups is 1. The molecule has 1 aliphatic rings. The third kappa shape index (κ3) is 3.70. The average molecular weight is 410 g/mol. The van der Waals surface area contributed by atoms with Crippen LogP contribution in [0.3, 0.4) is 0 Å². The van der Waals surface area contributed by atoms with Crippen molar-refractivity contribution in [2.75, 3.05) is 0 Å².